The third kappa shape index (κ3) is 49.6. The van der Waals surface area contributed by atoms with Gasteiger partial charge in [0.2, 0.25) is 5.91 Å². The molecule has 6 heteroatoms. The molecule has 2 atom stereocenters. The van der Waals surface area contributed by atoms with E-state index in [1.165, 1.54) is 238 Å². The molecule has 0 saturated carbocycles. The molecule has 2 unspecified atom stereocenters. The molecule has 0 heterocycles. The fourth-order valence-corrected chi connectivity index (χ4v) is 8.63. The summed E-state index contributed by atoms with van der Waals surface area (Å²) < 4.78 is 5.46. The summed E-state index contributed by atoms with van der Waals surface area (Å²) in [5.74, 6) is -0.0602. The van der Waals surface area contributed by atoms with E-state index in [2.05, 4.69) is 31.3 Å². The van der Waals surface area contributed by atoms with Crippen LogP contribution in [-0.2, 0) is 14.3 Å². The molecule has 0 aliphatic carbocycles. The highest BCUT2D eigenvalue weighted by Crippen LogP contribution is 2.16. The van der Waals surface area contributed by atoms with Crippen molar-refractivity contribution in [2.75, 3.05) is 13.2 Å². The van der Waals surface area contributed by atoms with E-state index in [-0.39, 0.29) is 18.5 Å². The lowest BCUT2D eigenvalue weighted by atomic mass is 10.0. The lowest BCUT2D eigenvalue weighted by molar-refractivity contribution is -0.143. The minimum absolute atomic E-state index is 0.0124. The van der Waals surface area contributed by atoms with Gasteiger partial charge in [-0.2, -0.15) is 0 Å². The Morgan fingerprint density at radius 2 is 0.746 bits per heavy atom. The topological polar surface area (TPSA) is 95.9 Å². The summed E-state index contributed by atoms with van der Waals surface area (Å²) in [6.07, 6.45) is 63.5. The van der Waals surface area contributed by atoms with Crippen LogP contribution in [0.5, 0.6) is 0 Å². The van der Waals surface area contributed by atoms with Crippen molar-refractivity contribution in [3.8, 4) is 0 Å². The number of unbranched alkanes of at least 4 members (excludes halogenated alkanes) is 39. The summed E-state index contributed by atoms with van der Waals surface area (Å²) in [4.78, 5) is 24.4. The van der Waals surface area contributed by atoms with E-state index in [9.17, 15) is 19.8 Å². The second kappa shape index (κ2) is 53.0. The lowest BCUT2D eigenvalue weighted by Gasteiger charge is -2.20. The minimum Gasteiger partial charge on any atom is -0.466 e. The highest BCUT2D eigenvalue weighted by atomic mass is 16.5. The highest BCUT2D eigenvalue weighted by Gasteiger charge is 2.18. The normalized spacial score (nSPS) is 12.8. The molecule has 0 aromatic rings. The summed E-state index contributed by atoms with van der Waals surface area (Å²) in [6, 6.07) is -0.627. The number of esters is 1. The lowest BCUT2D eigenvalue weighted by Crippen LogP contribution is -2.45. The van der Waals surface area contributed by atoms with Gasteiger partial charge in [0.15, 0.2) is 0 Å². The second-order valence-electron chi connectivity index (χ2n) is 19.3. The van der Waals surface area contributed by atoms with Gasteiger partial charge in [0.25, 0.3) is 0 Å². The van der Waals surface area contributed by atoms with E-state index >= 15 is 0 Å². The maximum atomic E-state index is 12.4. The number of rotatable bonds is 52. The Morgan fingerprint density at radius 3 is 1.13 bits per heavy atom. The fraction of sp³-hybridized carbons (Fsp3) is 0.895. The molecule has 0 saturated heterocycles. The van der Waals surface area contributed by atoms with E-state index in [1.54, 1.807) is 6.08 Å². The van der Waals surface area contributed by atoms with Crippen molar-refractivity contribution >= 4 is 11.9 Å². The average molecular weight is 889 g/mol. The number of allylic oxidation sites excluding steroid dienone is 3. The van der Waals surface area contributed by atoms with Gasteiger partial charge in [0, 0.05) is 12.8 Å². The third-order valence-electron chi connectivity index (χ3n) is 13.0. The Kier molecular flexibility index (Phi) is 51.6. The van der Waals surface area contributed by atoms with Crippen molar-refractivity contribution in [2.45, 2.75) is 315 Å². The molecule has 6 nitrogen and oxygen atoms in total. The number of hydrogen-bond donors (Lipinski definition) is 3. The predicted molar refractivity (Wildman–Crippen MR) is 273 cm³/mol. The first-order chi connectivity index (χ1) is 31.0. The van der Waals surface area contributed by atoms with Crippen LogP contribution in [0.4, 0.5) is 0 Å². The second-order valence-corrected chi connectivity index (χ2v) is 19.3. The molecule has 0 aromatic carbocycles. The van der Waals surface area contributed by atoms with Crippen molar-refractivity contribution < 1.29 is 24.5 Å². The Balaban J connectivity index is 3.39. The summed E-state index contributed by atoms with van der Waals surface area (Å²) in [5.41, 5.74) is 0. The SMILES string of the molecule is CCCCCCCCCC/C=C/C(O)C(CO)NC(=O)CCCCCCCCCCC/C=C\CCCCCCCCCCCCCCOC(=O)CCCCCCCCCCCCC. The van der Waals surface area contributed by atoms with E-state index in [1.807, 2.05) is 6.08 Å². The molecule has 0 aliphatic heterocycles. The Morgan fingerprint density at radius 1 is 0.429 bits per heavy atom. The Hall–Kier alpha value is -1.66. The first-order valence-corrected chi connectivity index (χ1v) is 28.1. The van der Waals surface area contributed by atoms with Crippen molar-refractivity contribution in [1.82, 2.24) is 5.32 Å². The molecular formula is C57H109NO5. The molecule has 3 N–H and O–H groups in total. The van der Waals surface area contributed by atoms with Crippen molar-refractivity contribution in [3.63, 3.8) is 0 Å². The molecule has 0 radical (unpaired) electrons. The number of nitrogens with one attached hydrogen (secondary N) is 1. The number of carbonyl (C=O) groups is 2. The molecule has 0 aliphatic rings. The van der Waals surface area contributed by atoms with Gasteiger partial charge in [-0.3, -0.25) is 9.59 Å². The standard InChI is InChI=1S/C57H109NO5/c1-3-5-7-9-11-13-30-35-39-43-47-51-57(62)63-52-48-44-40-36-32-29-27-25-23-21-19-17-15-16-18-20-22-24-26-28-31-34-38-42-46-50-56(61)58-54(53-59)55(60)49-45-41-37-33-14-12-10-8-6-4-2/h16,18,45,49,54-55,59-60H,3-15,17,19-44,46-48,50-53H2,1-2H3,(H,58,61)/b18-16-,49-45+. The molecule has 372 valence electrons. The molecule has 0 spiro atoms. The molecular weight excluding hydrogens is 779 g/mol. The first-order valence-electron chi connectivity index (χ1n) is 28.1. The Labute approximate surface area is 392 Å². The predicted octanol–water partition coefficient (Wildman–Crippen LogP) is 17.1. The van der Waals surface area contributed by atoms with E-state index < -0.39 is 12.1 Å². The van der Waals surface area contributed by atoms with Gasteiger partial charge in [-0.15, -0.1) is 0 Å². The summed E-state index contributed by atoms with van der Waals surface area (Å²) >= 11 is 0. The number of aliphatic hydroxyl groups is 2. The van der Waals surface area contributed by atoms with Crippen LogP contribution in [0.1, 0.15) is 303 Å². The van der Waals surface area contributed by atoms with Crippen LogP contribution >= 0.6 is 0 Å². The van der Waals surface area contributed by atoms with E-state index in [0.717, 1.165) is 38.5 Å². The summed E-state index contributed by atoms with van der Waals surface area (Å²) in [6.45, 7) is 4.88. The highest BCUT2D eigenvalue weighted by molar-refractivity contribution is 5.76. The smallest absolute Gasteiger partial charge is 0.305 e. The summed E-state index contributed by atoms with van der Waals surface area (Å²) in [5, 5.41) is 23.0. The van der Waals surface area contributed by atoms with Crippen molar-refractivity contribution in [2.24, 2.45) is 0 Å². The van der Waals surface area contributed by atoms with Crippen LogP contribution in [-0.4, -0.2) is 47.4 Å². The van der Waals surface area contributed by atoms with Gasteiger partial charge in [0.05, 0.1) is 25.4 Å². The van der Waals surface area contributed by atoms with Crippen LogP contribution in [0.3, 0.4) is 0 Å². The van der Waals surface area contributed by atoms with Gasteiger partial charge in [-0.05, 0) is 57.8 Å². The van der Waals surface area contributed by atoms with Crippen LogP contribution in [0.25, 0.3) is 0 Å². The number of carbonyl (C=O) groups excluding carboxylic acids is 2. The molecule has 63 heavy (non-hydrogen) atoms. The van der Waals surface area contributed by atoms with E-state index in [0.29, 0.717) is 19.4 Å². The zero-order valence-corrected chi connectivity index (χ0v) is 42.3. The monoisotopic (exact) mass is 888 g/mol. The van der Waals surface area contributed by atoms with Gasteiger partial charge >= 0.3 is 5.97 Å². The molecule has 0 aromatic heterocycles. The first kappa shape index (κ1) is 61.3. The van der Waals surface area contributed by atoms with Crippen LogP contribution < -0.4 is 5.32 Å². The molecule has 0 fully saturated rings. The molecule has 0 bridgehead atoms. The van der Waals surface area contributed by atoms with Crippen LogP contribution in [0.15, 0.2) is 24.3 Å². The van der Waals surface area contributed by atoms with E-state index in [4.69, 9.17) is 4.74 Å². The van der Waals surface area contributed by atoms with Gasteiger partial charge < -0.3 is 20.3 Å². The Bertz CT molecular complexity index is 982. The minimum atomic E-state index is -0.844. The van der Waals surface area contributed by atoms with Gasteiger partial charge in [0.1, 0.15) is 0 Å². The largest absolute Gasteiger partial charge is 0.466 e. The molecule has 0 rings (SSSR count). The molecule has 1 amide bonds. The van der Waals surface area contributed by atoms with Crippen LogP contribution in [0.2, 0.25) is 0 Å². The van der Waals surface area contributed by atoms with Crippen LogP contribution in [0, 0.1) is 0 Å². The quantitative estimate of drug-likeness (QED) is 0.0321. The number of ether oxygens (including phenoxy) is 1. The van der Waals surface area contributed by atoms with Crippen molar-refractivity contribution in [3.05, 3.63) is 24.3 Å². The maximum absolute atomic E-state index is 12.4. The van der Waals surface area contributed by atoms with Gasteiger partial charge in [-0.1, -0.05) is 256 Å². The third-order valence-corrected chi connectivity index (χ3v) is 13.0. The number of amides is 1. The van der Waals surface area contributed by atoms with Crippen molar-refractivity contribution in [1.29, 1.82) is 0 Å². The summed E-state index contributed by atoms with van der Waals surface area (Å²) in [7, 11) is 0. The number of hydrogen-bond acceptors (Lipinski definition) is 5. The maximum Gasteiger partial charge on any atom is 0.305 e. The van der Waals surface area contributed by atoms with Gasteiger partial charge in [-0.25, -0.2) is 0 Å². The zero-order valence-electron chi connectivity index (χ0n) is 42.3. The average Bonchev–Trinajstić information content (AvgIpc) is 3.28. The zero-order chi connectivity index (χ0) is 45.8. The number of aliphatic hydroxyl groups excluding tert-OH is 2. The fourth-order valence-electron chi connectivity index (χ4n) is 8.63.